The minimum absolute atomic E-state index is 0.267. The fraction of sp³-hybridized carbons (Fsp3) is 0.143. The van der Waals surface area contributed by atoms with Gasteiger partial charge in [0.05, 0.1) is 4.90 Å². The van der Waals surface area contributed by atoms with Crippen LogP contribution in [0.2, 0.25) is 0 Å². The maximum absolute atomic E-state index is 11.4. The second-order valence-electron chi connectivity index (χ2n) is 4.23. The first-order valence-corrected chi connectivity index (χ1v) is 8.94. The van der Waals surface area contributed by atoms with Gasteiger partial charge in [-0.05, 0) is 42.0 Å². The Bertz CT molecular complexity index is 712. The molecule has 0 fully saturated rings. The molecule has 2 aromatic carbocycles. The molecule has 0 amide bonds. The highest BCUT2D eigenvalue weighted by Crippen LogP contribution is 2.28. The Kier molecular flexibility index (Phi) is 4.73. The van der Waals surface area contributed by atoms with Crippen molar-refractivity contribution in [2.75, 3.05) is 6.26 Å². The molecule has 6 heteroatoms. The van der Waals surface area contributed by atoms with Crippen LogP contribution >= 0.6 is 27.5 Å². The summed E-state index contributed by atoms with van der Waals surface area (Å²) in [7, 11) is -3.19. The topological polar surface area (TPSA) is 43.4 Å². The summed E-state index contributed by atoms with van der Waals surface area (Å²) in [6, 6.07) is 11.8. The van der Waals surface area contributed by atoms with Crippen molar-refractivity contribution in [3.05, 3.63) is 52.5 Å². The van der Waals surface area contributed by atoms with E-state index in [2.05, 4.69) is 15.9 Å². The number of rotatable bonds is 4. The Morgan fingerprint density at radius 3 is 2.20 bits per heavy atom. The van der Waals surface area contributed by atoms with E-state index in [1.807, 2.05) is 18.2 Å². The maximum Gasteiger partial charge on any atom is 0.175 e. The number of hydrogen-bond acceptors (Lipinski definition) is 3. The average molecular weight is 376 g/mol. The van der Waals surface area contributed by atoms with E-state index in [1.165, 1.54) is 18.4 Å². The van der Waals surface area contributed by atoms with Gasteiger partial charge in [-0.25, -0.2) is 8.42 Å². The molecule has 0 aliphatic rings. The fourth-order valence-electron chi connectivity index (χ4n) is 1.59. The van der Waals surface area contributed by atoms with Gasteiger partial charge in [0.15, 0.2) is 9.84 Å². The smallest absolute Gasteiger partial charge is 0.175 e. The van der Waals surface area contributed by atoms with E-state index in [9.17, 15) is 8.42 Å². The van der Waals surface area contributed by atoms with Crippen LogP contribution < -0.4 is 4.74 Å². The van der Waals surface area contributed by atoms with Crippen molar-refractivity contribution < 1.29 is 13.2 Å². The third kappa shape index (κ3) is 3.75. The zero-order valence-corrected chi connectivity index (χ0v) is 13.8. The van der Waals surface area contributed by atoms with Crippen molar-refractivity contribution in [3.8, 4) is 11.5 Å². The fourth-order valence-corrected chi connectivity index (χ4v) is 3.11. The lowest BCUT2D eigenvalue weighted by Crippen LogP contribution is -1.96. The Labute approximate surface area is 131 Å². The van der Waals surface area contributed by atoms with Gasteiger partial charge in [0.2, 0.25) is 0 Å². The van der Waals surface area contributed by atoms with E-state index in [0.29, 0.717) is 17.4 Å². The van der Waals surface area contributed by atoms with Crippen LogP contribution in [0.5, 0.6) is 11.5 Å². The van der Waals surface area contributed by atoms with Crippen LogP contribution in [0.4, 0.5) is 0 Å². The Morgan fingerprint density at radius 2 is 1.70 bits per heavy atom. The van der Waals surface area contributed by atoms with Crippen LogP contribution in [0.1, 0.15) is 5.56 Å². The van der Waals surface area contributed by atoms with Gasteiger partial charge in [0.25, 0.3) is 0 Å². The van der Waals surface area contributed by atoms with Gasteiger partial charge in [-0.15, -0.1) is 11.6 Å². The summed E-state index contributed by atoms with van der Waals surface area (Å²) in [6.07, 6.45) is 1.17. The molecule has 0 aliphatic carbocycles. The molecule has 0 radical (unpaired) electrons. The molecule has 0 aliphatic heterocycles. The van der Waals surface area contributed by atoms with E-state index in [0.717, 1.165) is 10.0 Å². The standard InChI is InChI=1S/C14H12BrClO3S/c1-20(17,18)13-6-4-11(5-7-13)19-12-3-2-10(9-16)14(15)8-12/h2-8H,9H2,1H3. The molecule has 0 N–H and O–H groups in total. The number of hydrogen-bond donors (Lipinski definition) is 0. The molecule has 0 atom stereocenters. The highest BCUT2D eigenvalue weighted by molar-refractivity contribution is 9.10. The number of ether oxygens (including phenoxy) is 1. The van der Waals surface area contributed by atoms with Crippen molar-refractivity contribution >= 4 is 37.4 Å². The Balaban J connectivity index is 2.20. The summed E-state index contributed by atoms with van der Waals surface area (Å²) in [6.45, 7) is 0. The summed E-state index contributed by atoms with van der Waals surface area (Å²) >= 11 is 9.19. The second kappa shape index (κ2) is 6.16. The summed E-state index contributed by atoms with van der Waals surface area (Å²) in [5, 5.41) is 0. The molecule has 2 rings (SSSR count). The molecule has 0 heterocycles. The first-order chi connectivity index (χ1) is 9.40. The molecular formula is C14H12BrClO3S. The van der Waals surface area contributed by atoms with Crippen LogP contribution in [0.25, 0.3) is 0 Å². The zero-order valence-electron chi connectivity index (χ0n) is 10.6. The molecule has 3 nitrogen and oxygen atoms in total. The molecule has 2 aromatic rings. The molecule has 20 heavy (non-hydrogen) atoms. The molecule has 0 unspecified atom stereocenters. The van der Waals surface area contributed by atoms with Crippen LogP contribution in [-0.2, 0) is 15.7 Å². The first-order valence-electron chi connectivity index (χ1n) is 5.72. The van der Waals surface area contributed by atoms with Gasteiger partial charge in [0, 0.05) is 16.6 Å². The average Bonchev–Trinajstić information content (AvgIpc) is 2.38. The summed E-state index contributed by atoms with van der Waals surface area (Å²) < 4.78 is 29.2. The molecule has 0 saturated heterocycles. The van der Waals surface area contributed by atoms with E-state index in [-0.39, 0.29) is 4.90 Å². The normalized spacial score (nSPS) is 11.3. The van der Waals surface area contributed by atoms with Crippen LogP contribution in [-0.4, -0.2) is 14.7 Å². The van der Waals surface area contributed by atoms with E-state index in [1.54, 1.807) is 12.1 Å². The monoisotopic (exact) mass is 374 g/mol. The van der Waals surface area contributed by atoms with Crippen molar-refractivity contribution in [2.24, 2.45) is 0 Å². The highest BCUT2D eigenvalue weighted by atomic mass is 79.9. The quantitative estimate of drug-likeness (QED) is 0.745. The minimum atomic E-state index is -3.19. The van der Waals surface area contributed by atoms with E-state index in [4.69, 9.17) is 16.3 Å². The van der Waals surface area contributed by atoms with Crippen molar-refractivity contribution in [1.29, 1.82) is 0 Å². The maximum atomic E-state index is 11.4. The number of alkyl halides is 1. The highest BCUT2D eigenvalue weighted by Gasteiger charge is 2.07. The molecular weight excluding hydrogens is 364 g/mol. The molecule has 0 spiro atoms. The van der Waals surface area contributed by atoms with Crippen molar-refractivity contribution in [3.63, 3.8) is 0 Å². The predicted molar refractivity (Wildman–Crippen MR) is 83.3 cm³/mol. The van der Waals surface area contributed by atoms with Gasteiger partial charge >= 0.3 is 0 Å². The lowest BCUT2D eigenvalue weighted by Gasteiger charge is -2.08. The zero-order chi connectivity index (χ0) is 14.8. The molecule has 0 saturated carbocycles. The Hall–Kier alpha value is -1.04. The van der Waals surface area contributed by atoms with Gasteiger partial charge < -0.3 is 4.74 Å². The lowest BCUT2D eigenvalue weighted by molar-refractivity contribution is 0.481. The largest absolute Gasteiger partial charge is 0.457 e. The predicted octanol–water partition coefficient (Wildman–Crippen LogP) is 4.38. The lowest BCUT2D eigenvalue weighted by atomic mass is 10.2. The van der Waals surface area contributed by atoms with Crippen LogP contribution in [0.3, 0.4) is 0 Å². The van der Waals surface area contributed by atoms with Crippen molar-refractivity contribution in [1.82, 2.24) is 0 Å². The van der Waals surface area contributed by atoms with Crippen LogP contribution in [0, 0.1) is 0 Å². The SMILES string of the molecule is CS(=O)(=O)c1ccc(Oc2ccc(CCl)c(Br)c2)cc1. The van der Waals surface area contributed by atoms with Crippen LogP contribution in [0.15, 0.2) is 51.8 Å². The molecule has 106 valence electrons. The third-order valence-electron chi connectivity index (χ3n) is 2.66. The van der Waals surface area contributed by atoms with E-state index >= 15 is 0 Å². The third-order valence-corrected chi connectivity index (χ3v) is 4.81. The molecule has 0 aromatic heterocycles. The minimum Gasteiger partial charge on any atom is -0.457 e. The second-order valence-corrected chi connectivity index (χ2v) is 7.37. The first kappa shape index (κ1) is 15.4. The van der Waals surface area contributed by atoms with Gasteiger partial charge in [0.1, 0.15) is 11.5 Å². The summed E-state index contributed by atoms with van der Waals surface area (Å²) in [5.74, 6) is 1.64. The van der Waals surface area contributed by atoms with E-state index < -0.39 is 9.84 Å². The van der Waals surface area contributed by atoms with Gasteiger partial charge in [-0.3, -0.25) is 0 Å². The molecule has 0 bridgehead atoms. The number of sulfone groups is 1. The summed E-state index contributed by atoms with van der Waals surface area (Å²) in [4.78, 5) is 0.267. The van der Waals surface area contributed by atoms with Crippen molar-refractivity contribution in [2.45, 2.75) is 10.8 Å². The van der Waals surface area contributed by atoms with Gasteiger partial charge in [-0.1, -0.05) is 22.0 Å². The Morgan fingerprint density at radius 1 is 1.10 bits per heavy atom. The summed E-state index contributed by atoms with van der Waals surface area (Å²) in [5.41, 5.74) is 0.978. The van der Waals surface area contributed by atoms with Gasteiger partial charge in [-0.2, -0.15) is 0 Å². The number of halogens is 2. The number of benzene rings is 2.